The molecular weight excluding hydrogens is 328 g/mol. The van der Waals surface area contributed by atoms with Crippen LogP contribution in [0.15, 0.2) is 12.1 Å². The third kappa shape index (κ3) is 2.99. The van der Waals surface area contributed by atoms with E-state index in [1.807, 2.05) is 68.4 Å². The first-order valence-electron chi connectivity index (χ1n) is 9.28. The molecule has 2 saturated heterocycles. The van der Waals surface area contributed by atoms with Gasteiger partial charge in [0.15, 0.2) is 0 Å². The van der Waals surface area contributed by atoms with Gasteiger partial charge in [0.2, 0.25) is 0 Å². The van der Waals surface area contributed by atoms with Gasteiger partial charge in [0.25, 0.3) is 0 Å². The Morgan fingerprint density at radius 1 is 0.692 bits per heavy atom. The smallest absolute Gasteiger partial charge is 0.399 e. The van der Waals surface area contributed by atoms with Gasteiger partial charge in [-0.2, -0.15) is 0 Å². The molecular formula is C19H31B2NO4. The largest absolute Gasteiger partial charge is 0.497 e. The third-order valence-corrected chi connectivity index (χ3v) is 6.46. The predicted molar refractivity (Wildman–Crippen MR) is 107 cm³/mol. The van der Waals surface area contributed by atoms with E-state index in [2.05, 4.69) is 6.07 Å². The van der Waals surface area contributed by atoms with Crippen molar-refractivity contribution in [3.63, 3.8) is 0 Å². The third-order valence-electron chi connectivity index (χ3n) is 6.46. The average molecular weight is 359 g/mol. The van der Waals surface area contributed by atoms with Gasteiger partial charge in [-0.1, -0.05) is 6.07 Å². The molecule has 142 valence electrons. The highest BCUT2D eigenvalue weighted by Gasteiger charge is 2.54. The molecule has 0 atom stereocenters. The molecule has 0 unspecified atom stereocenters. The Bertz CT molecular complexity index is 675. The van der Waals surface area contributed by atoms with Crippen molar-refractivity contribution in [3.05, 3.63) is 17.7 Å². The standard InChI is InChI=1S/C19H31B2NO4/c1-12-10-13(20-23-16(2,3)17(4,5)24-20)11-14(22)15(12)21-25-18(6,7)19(8,9)26-21/h10-11H,22H2,1-9H3. The molecule has 0 bridgehead atoms. The van der Waals surface area contributed by atoms with Crippen LogP contribution in [0.2, 0.25) is 0 Å². The first-order valence-corrected chi connectivity index (χ1v) is 9.28. The Hall–Kier alpha value is -1.01. The number of anilines is 1. The predicted octanol–water partition coefficient (Wildman–Crippen LogP) is 2.18. The second-order valence-corrected chi connectivity index (χ2v) is 9.52. The second-order valence-electron chi connectivity index (χ2n) is 9.52. The monoisotopic (exact) mass is 359 g/mol. The lowest BCUT2D eigenvalue weighted by molar-refractivity contribution is 0.00578. The Balaban J connectivity index is 1.92. The Morgan fingerprint density at radius 3 is 1.46 bits per heavy atom. The van der Waals surface area contributed by atoms with E-state index in [1.54, 1.807) is 0 Å². The van der Waals surface area contributed by atoms with E-state index in [0.717, 1.165) is 16.5 Å². The summed E-state index contributed by atoms with van der Waals surface area (Å²) in [5, 5.41) is 0. The van der Waals surface area contributed by atoms with Gasteiger partial charge in [-0.05, 0) is 79.4 Å². The van der Waals surface area contributed by atoms with E-state index < -0.39 is 25.4 Å². The summed E-state index contributed by atoms with van der Waals surface area (Å²) < 4.78 is 24.7. The maximum absolute atomic E-state index is 6.41. The van der Waals surface area contributed by atoms with Crippen LogP contribution >= 0.6 is 0 Å². The fraction of sp³-hybridized carbons (Fsp3) is 0.684. The highest BCUT2D eigenvalue weighted by Crippen LogP contribution is 2.38. The van der Waals surface area contributed by atoms with Gasteiger partial charge in [-0.3, -0.25) is 0 Å². The van der Waals surface area contributed by atoms with E-state index in [0.29, 0.717) is 5.69 Å². The Morgan fingerprint density at radius 2 is 1.08 bits per heavy atom. The maximum atomic E-state index is 6.41. The van der Waals surface area contributed by atoms with Crippen LogP contribution in [0.3, 0.4) is 0 Å². The normalized spacial score (nSPS) is 25.7. The van der Waals surface area contributed by atoms with Crippen LogP contribution in [0.5, 0.6) is 0 Å². The van der Waals surface area contributed by atoms with Crippen LogP contribution in [-0.2, 0) is 18.6 Å². The minimum Gasteiger partial charge on any atom is -0.399 e. The molecule has 2 N–H and O–H groups in total. The zero-order valence-corrected chi connectivity index (χ0v) is 17.5. The number of hydrogen-bond acceptors (Lipinski definition) is 5. The summed E-state index contributed by atoms with van der Waals surface area (Å²) in [6.45, 7) is 18.3. The fourth-order valence-corrected chi connectivity index (χ4v) is 3.25. The summed E-state index contributed by atoms with van der Waals surface area (Å²) in [5.74, 6) is 0. The zero-order chi connectivity index (χ0) is 19.7. The van der Waals surface area contributed by atoms with Crippen LogP contribution in [0.4, 0.5) is 5.69 Å². The zero-order valence-electron chi connectivity index (χ0n) is 17.5. The van der Waals surface area contributed by atoms with Crippen LogP contribution < -0.4 is 16.7 Å². The molecule has 2 heterocycles. The van der Waals surface area contributed by atoms with Gasteiger partial charge >= 0.3 is 14.2 Å². The van der Waals surface area contributed by atoms with Crippen molar-refractivity contribution in [1.82, 2.24) is 0 Å². The summed E-state index contributed by atoms with van der Waals surface area (Å²) in [6, 6.07) is 3.97. The first kappa shape index (κ1) is 19.7. The van der Waals surface area contributed by atoms with E-state index in [9.17, 15) is 0 Å². The molecule has 0 saturated carbocycles. The summed E-state index contributed by atoms with van der Waals surface area (Å²) in [4.78, 5) is 0. The van der Waals surface area contributed by atoms with Crippen molar-refractivity contribution in [2.75, 3.05) is 5.73 Å². The Labute approximate surface area is 158 Å². The van der Waals surface area contributed by atoms with Gasteiger partial charge in [-0.15, -0.1) is 0 Å². The van der Waals surface area contributed by atoms with Crippen LogP contribution in [0.25, 0.3) is 0 Å². The van der Waals surface area contributed by atoms with Gasteiger partial charge in [0, 0.05) is 11.2 Å². The van der Waals surface area contributed by atoms with E-state index in [1.165, 1.54) is 0 Å². The van der Waals surface area contributed by atoms with Crippen molar-refractivity contribution in [3.8, 4) is 0 Å². The molecule has 1 aromatic rings. The van der Waals surface area contributed by atoms with Gasteiger partial charge in [-0.25, -0.2) is 0 Å². The summed E-state index contributed by atoms with van der Waals surface area (Å²) in [7, 11) is -0.916. The van der Waals surface area contributed by atoms with Crippen LogP contribution in [-0.4, -0.2) is 36.6 Å². The van der Waals surface area contributed by atoms with Crippen molar-refractivity contribution < 1.29 is 18.6 Å². The summed E-state index contributed by atoms with van der Waals surface area (Å²) >= 11 is 0. The number of hydrogen-bond donors (Lipinski definition) is 1. The topological polar surface area (TPSA) is 62.9 Å². The molecule has 0 amide bonds. The minimum absolute atomic E-state index is 0.384. The van der Waals surface area contributed by atoms with Crippen molar-refractivity contribution in [2.24, 2.45) is 0 Å². The number of benzene rings is 1. The molecule has 1 aromatic carbocycles. The second kappa shape index (κ2) is 5.74. The van der Waals surface area contributed by atoms with Crippen LogP contribution in [0, 0.1) is 6.92 Å². The van der Waals surface area contributed by atoms with Crippen molar-refractivity contribution in [1.29, 1.82) is 0 Å². The Kier molecular flexibility index (Phi) is 4.36. The summed E-state index contributed by atoms with van der Waals surface area (Å²) in [5.41, 5.74) is 8.27. The summed E-state index contributed by atoms with van der Waals surface area (Å²) in [6.07, 6.45) is 0. The number of rotatable bonds is 2. The highest BCUT2D eigenvalue weighted by atomic mass is 16.7. The van der Waals surface area contributed by atoms with Crippen molar-refractivity contribution in [2.45, 2.75) is 84.7 Å². The van der Waals surface area contributed by atoms with E-state index in [4.69, 9.17) is 24.4 Å². The van der Waals surface area contributed by atoms with Gasteiger partial charge < -0.3 is 24.4 Å². The molecule has 0 aromatic heterocycles. The molecule has 2 aliphatic rings. The quantitative estimate of drug-likeness (QED) is 0.648. The molecule has 0 spiro atoms. The first-order chi connectivity index (χ1) is 11.7. The number of nitrogens with two attached hydrogens (primary N) is 1. The molecule has 3 rings (SSSR count). The van der Waals surface area contributed by atoms with Crippen molar-refractivity contribution >= 4 is 30.8 Å². The molecule has 26 heavy (non-hydrogen) atoms. The van der Waals surface area contributed by atoms with Gasteiger partial charge in [0.05, 0.1) is 22.4 Å². The average Bonchev–Trinajstić information content (AvgIpc) is 2.77. The molecule has 0 radical (unpaired) electrons. The van der Waals surface area contributed by atoms with E-state index >= 15 is 0 Å². The van der Waals surface area contributed by atoms with Gasteiger partial charge in [0.1, 0.15) is 0 Å². The van der Waals surface area contributed by atoms with Crippen LogP contribution in [0.1, 0.15) is 61.0 Å². The molecule has 5 nitrogen and oxygen atoms in total. The number of nitrogen functional groups attached to an aromatic ring is 1. The lowest BCUT2D eigenvalue weighted by atomic mass is 9.70. The van der Waals surface area contributed by atoms with E-state index in [-0.39, 0.29) is 11.2 Å². The SMILES string of the molecule is Cc1cc(B2OC(C)(C)C(C)(C)O2)cc(N)c1B1OC(C)(C)C(C)(C)O1. The highest BCUT2D eigenvalue weighted by molar-refractivity contribution is 6.66. The fourth-order valence-electron chi connectivity index (χ4n) is 3.25. The molecule has 2 aliphatic heterocycles. The molecule has 0 aliphatic carbocycles. The maximum Gasteiger partial charge on any atom is 0.497 e. The molecule has 2 fully saturated rings. The minimum atomic E-state index is -0.479. The molecule has 7 heteroatoms. The number of aryl methyl sites for hydroxylation is 1. The lowest BCUT2D eigenvalue weighted by Gasteiger charge is -2.32. The lowest BCUT2D eigenvalue weighted by Crippen LogP contribution is -2.42.